The molecule has 0 fully saturated rings. The van der Waals surface area contributed by atoms with E-state index >= 15 is 0 Å². The zero-order valence-electron chi connectivity index (χ0n) is 8.86. The average Bonchev–Trinajstić information content (AvgIpc) is 2.70. The first-order valence-corrected chi connectivity index (χ1v) is 5.17. The van der Waals surface area contributed by atoms with E-state index in [0.717, 1.165) is 24.9 Å². The Morgan fingerprint density at radius 1 is 1.57 bits per heavy atom. The molecule has 0 aliphatic carbocycles. The summed E-state index contributed by atoms with van der Waals surface area (Å²) < 4.78 is 4.99. The van der Waals surface area contributed by atoms with Crippen molar-refractivity contribution in [2.24, 2.45) is 0 Å². The Morgan fingerprint density at radius 3 is 2.93 bits per heavy atom. The molecular weight excluding hydrogens is 178 g/mol. The lowest BCUT2D eigenvalue weighted by Gasteiger charge is -2.13. The van der Waals surface area contributed by atoms with Gasteiger partial charge in [-0.1, -0.05) is 6.92 Å². The maximum atomic E-state index is 9.34. The molecule has 0 saturated carbocycles. The second-order valence-corrected chi connectivity index (χ2v) is 3.58. The Bertz CT molecular complexity index is 233. The van der Waals surface area contributed by atoms with Gasteiger partial charge in [-0.15, -0.1) is 0 Å². The van der Waals surface area contributed by atoms with Gasteiger partial charge in [0.15, 0.2) is 0 Å². The summed E-state index contributed by atoms with van der Waals surface area (Å²) in [6.45, 7) is 4.91. The van der Waals surface area contributed by atoms with Crippen molar-refractivity contribution in [2.45, 2.75) is 38.8 Å². The molecule has 0 aromatic carbocycles. The highest BCUT2D eigenvalue weighted by Crippen LogP contribution is 2.11. The maximum Gasteiger partial charge on any atom is 0.0950 e. The van der Waals surface area contributed by atoms with Crippen LogP contribution in [0, 0.1) is 0 Å². The van der Waals surface area contributed by atoms with Crippen molar-refractivity contribution in [3.8, 4) is 0 Å². The highest BCUT2D eigenvalue weighted by atomic mass is 16.3. The summed E-state index contributed by atoms with van der Waals surface area (Å²) in [5.41, 5.74) is 1.15. The van der Waals surface area contributed by atoms with E-state index in [0.29, 0.717) is 0 Å². The zero-order chi connectivity index (χ0) is 10.4. The van der Waals surface area contributed by atoms with Gasteiger partial charge in [-0.05, 0) is 32.4 Å². The minimum Gasteiger partial charge on any atom is -0.472 e. The molecule has 80 valence electrons. The third kappa shape index (κ3) is 3.52. The maximum absolute atomic E-state index is 9.34. The molecule has 2 unspecified atom stereocenters. The van der Waals surface area contributed by atoms with Crippen molar-refractivity contribution in [3.05, 3.63) is 24.2 Å². The van der Waals surface area contributed by atoms with E-state index in [4.69, 9.17) is 4.42 Å². The summed E-state index contributed by atoms with van der Waals surface area (Å²) >= 11 is 0. The number of nitrogens with one attached hydrogen (secondary N) is 1. The second kappa shape index (κ2) is 5.83. The summed E-state index contributed by atoms with van der Waals surface area (Å²) in [5, 5.41) is 12.7. The molecule has 1 rings (SSSR count). The number of hydrogen-bond acceptors (Lipinski definition) is 3. The van der Waals surface area contributed by atoms with E-state index in [1.165, 1.54) is 0 Å². The van der Waals surface area contributed by atoms with Gasteiger partial charge in [0.1, 0.15) is 0 Å². The van der Waals surface area contributed by atoms with Crippen molar-refractivity contribution in [3.63, 3.8) is 0 Å². The molecule has 3 heteroatoms. The number of aliphatic hydroxyl groups excluding tert-OH is 1. The van der Waals surface area contributed by atoms with Crippen LogP contribution < -0.4 is 5.32 Å². The molecule has 0 saturated heterocycles. The van der Waals surface area contributed by atoms with Crippen LogP contribution in [0.3, 0.4) is 0 Å². The molecular formula is C11H19NO2. The Hall–Kier alpha value is -0.800. The van der Waals surface area contributed by atoms with E-state index in [-0.39, 0.29) is 12.1 Å². The normalized spacial score (nSPS) is 15.4. The molecule has 1 heterocycles. The summed E-state index contributed by atoms with van der Waals surface area (Å²) in [4.78, 5) is 0. The fourth-order valence-electron chi connectivity index (χ4n) is 1.31. The van der Waals surface area contributed by atoms with Gasteiger partial charge in [-0.2, -0.15) is 0 Å². The predicted molar refractivity (Wildman–Crippen MR) is 56.0 cm³/mol. The molecule has 14 heavy (non-hydrogen) atoms. The lowest BCUT2D eigenvalue weighted by Crippen LogP contribution is -2.22. The quantitative estimate of drug-likeness (QED) is 0.734. The van der Waals surface area contributed by atoms with Gasteiger partial charge in [0.05, 0.1) is 18.6 Å². The molecule has 1 aromatic heterocycles. The largest absolute Gasteiger partial charge is 0.472 e. The minimum atomic E-state index is -0.181. The molecule has 2 N–H and O–H groups in total. The van der Waals surface area contributed by atoms with Gasteiger partial charge in [0, 0.05) is 11.6 Å². The van der Waals surface area contributed by atoms with Crippen molar-refractivity contribution >= 4 is 0 Å². The van der Waals surface area contributed by atoms with Gasteiger partial charge in [-0.3, -0.25) is 0 Å². The second-order valence-electron chi connectivity index (χ2n) is 3.58. The molecule has 0 radical (unpaired) electrons. The lowest BCUT2D eigenvalue weighted by molar-refractivity contribution is 0.159. The van der Waals surface area contributed by atoms with Crippen LogP contribution in [0.1, 0.15) is 38.3 Å². The number of rotatable bonds is 6. The molecule has 0 aliphatic rings. The summed E-state index contributed by atoms with van der Waals surface area (Å²) in [5.74, 6) is 0. The Kier molecular flexibility index (Phi) is 4.70. The van der Waals surface area contributed by atoms with Crippen LogP contribution in [0.2, 0.25) is 0 Å². The molecule has 0 aliphatic heterocycles. The van der Waals surface area contributed by atoms with Crippen LogP contribution in [0.4, 0.5) is 0 Å². The Labute approximate surface area is 85.1 Å². The van der Waals surface area contributed by atoms with E-state index in [1.807, 2.05) is 13.0 Å². The van der Waals surface area contributed by atoms with Crippen molar-refractivity contribution in [1.29, 1.82) is 0 Å². The van der Waals surface area contributed by atoms with Gasteiger partial charge in [0.2, 0.25) is 0 Å². The Balaban J connectivity index is 2.19. The topological polar surface area (TPSA) is 45.4 Å². The minimum absolute atomic E-state index is 0.181. The van der Waals surface area contributed by atoms with E-state index in [1.54, 1.807) is 12.5 Å². The molecule has 1 aromatic rings. The van der Waals surface area contributed by atoms with Crippen LogP contribution in [0.5, 0.6) is 0 Å². The molecule has 0 spiro atoms. The van der Waals surface area contributed by atoms with Gasteiger partial charge < -0.3 is 14.8 Å². The molecule has 0 bridgehead atoms. The van der Waals surface area contributed by atoms with Crippen LogP contribution in [-0.4, -0.2) is 17.8 Å². The van der Waals surface area contributed by atoms with Gasteiger partial charge in [-0.25, -0.2) is 0 Å². The van der Waals surface area contributed by atoms with Gasteiger partial charge in [0.25, 0.3) is 0 Å². The first kappa shape index (κ1) is 11.3. The van der Waals surface area contributed by atoms with Crippen LogP contribution >= 0.6 is 0 Å². The highest BCUT2D eigenvalue weighted by molar-refractivity contribution is 5.09. The van der Waals surface area contributed by atoms with Crippen molar-refractivity contribution < 1.29 is 9.52 Å². The number of hydrogen-bond donors (Lipinski definition) is 2. The number of aliphatic hydroxyl groups is 1. The molecule has 2 atom stereocenters. The number of furan rings is 1. The smallest absolute Gasteiger partial charge is 0.0950 e. The third-order valence-electron chi connectivity index (χ3n) is 2.44. The van der Waals surface area contributed by atoms with E-state index in [9.17, 15) is 5.11 Å². The highest BCUT2D eigenvalue weighted by Gasteiger charge is 2.06. The predicted octanol–water partition coefficient (Wildman–Crippen LogP) is 2.09. The van der Waals surface area contributed by atoms with Gasteiger partial charge >= 0.3 is 0 Å². The van der Waals surface area contributed by atoms with Crippen LogP contribution in [0.25, 0.3) is 0 Å². The molecule has 0 amide bonds. The lowest BCUT2D eigenvalue weighted by atomic mass is 10.1. The van der Waals surface area contributed by atoms with Crippen LogP contribution in [0.15, 0.2) is 23.0 Å². The zero-order valence-corrected chi connectivity index (χ0v) is 8.86. The third-order valence-corrected chi connectivity index (χ3v) is 2.44. The van der Waals surface area contributed by atoms with E-state index < -0.39 is 0 Å². The van der Waals surface area contributed by atoms with Crippen molar-refractivity contribution in [2.75, 3.05) is 6.54 Å². The summed E-state index contributed by atoms with van der Waals surface area (Å²) in [6, 6.07) is 2.24. The fourth-order valence-corrected chi connectivity index (χ4v) is 1.31. The SMILES string of the molecule is CCC(O)CCNC(C)c1ccoc1. The van der Waals surface area contributed by atoms with E-state index in [2.05, 4.69) is 12.2 Å². The monoisotopic (exact) mass is 197 g/mol. The fraction of sp³-hybridized carbons (Fsp3) is 0.636. The molecule has 3 nitrogen and oxygen atoms in total. The Morgan fingerprint density at radius 2 is 2.36 bits per heavy atom. The average molecular weight is 197 g/mol. The van der Waals surface area contributed by atoms with Crippen LogP contribution in [-0.2, 0) is 0 Å². The summed E-state index contributed by atoms with van der Waals surface area (Å²) in [6.07, 6.45) is 4.86. The first-order valence-electron chi connectivity index (χ1n) is 5.17. The summed E-state index contributed by atoms with van der Waals surface area (Å²) in [7, 11) is 0. The first-order chi connectivity index (χ1) is 6.74. The van der Waals surface area contributed by atoms with Crippen molar-refractivity contribution in [1.82, 2.24) is 5.32 Å². The standard InChI is InChI=1S/C11H19NO2/c1-3-11(13)4-6-12-9(2)10-5-7-14-8-10/h5,7-9,11-13H,3-4,6H2,1-2H3.